The molecule has 0 heterocycles. The molecule has 0 bridgehead atoms. The van der Waals surface area contributed by atoms with Crippen LogP contribution in [0.15, 0.2) is 12.2 Å². The van der Waals surface area contributed by atoms with Crippen molar-refractivity contribution in [1.29, 1.82) is 0 Å². The Balaban J connectivity index is 1.94. The van der Waals surface area contributed by atoms with Gasteiger partial charge in [0.05, 0.1) is 0 Å². The van der Waals surface area contributed by atoms with E-state index in [0.717, 1.165) is 38.3 Å². The number of hydrogen-bond donors (Lipinski definition) is 0. The Kier molecular flexibility index (Phi) is 6.26. The van der Waals surface area contributed by atoms with Crippen molar-refractivity contribution in [3.63, 3.8) is 0 Å². The van der Waals surface area contributed by atoms with Gasteiger partial charge in [-0.2, -0.15) is 0 Å². The standard InChI is InChI=1S/C24H34O6/c1-14-6-7-19-18(13-26)20(8-9-23(14,19)4)24(5)11-22(30-16(3)28)21(29-15(2)27)10-17(24)12-25/h12-13,17-22H,1,6-11H2,2-5H3/t17-,18+,19?,20?,21+,22-,23-,24+/m1/s1. The van der Waals surface area contributed by atoms with Gasteiger partial charge in [0, 0.05) is 25.7 Å². The van der Waals surface area contributed by atoms with Crippen molar-refractivity contribution >= 4 is 24.5 Å². The monoisotopic (exact) mass is 418 g/mol. The van der Waals surface area contributed by atoms with Crippen LogP contribution in [0.4, 0.5) is 0 Å². The third kappa shape index (κ3) is 3.74. The second-order valence-electron chi connectivity index (χ2n) is 10.0. The SMILES string of the molecule is C=C1CCC2[C@H](C=O)C([C@@]3(C)C[C@@H](OC(C)=O)[C@@H](OC(C)=O)C[C@@H]3C=O)CC[C@]12C. The highest BCUT2D eigenvalue weighted by Crippen LogP contribution is 2.63. The Bertz CT molecular complexity index is 744. The van der Waals surface area contributed by atoms with Gasteiger partial charge in [0.25, 0.3) is 0 Å². The van der Waals surface area contributed by atoms with Crippen LogP contribution in [0.2, 0.25) is 0 Å². The van der Waals surface area contributed by atoms with E-state index in [0.29, 0.717) is 12.8 Å². The molecule has 0 aromatic heterocycles. The van der Waals surface area contributed by atoms with E-state index in [1.807, 2.05) is 6.92 Å². The number of carbonyl (C=O) groups is 4. The quantitative estimate of drug-likeness (QED) is 0.385. The zero-order valence-electron chi connectivity index (χ0n) is 18.5. The minimum atomic E-state index is -0.649. The highest BCUT2D eigenvalue weighted by atomic mass is 16.6. The lowest BCUT2D eigenvalue weighted by atomic mass is 9.49. The number of esters is 2. The normalized spacial score (nSPS) is 43.4. The summed E-state index contributed by atoms with van der Waals surface area (Å²) in [7, 11) is 0. The van der Waals surface area contributed by atoms with E-state index in [9.17, 15) is 19.2 Å². The molecule has 0 aromatic carbocycles. The summed E-state index contributed by atoms with van der Waals surface area (Å²) >= 11 is 0. The molecular formula is C24H34O6. The molecular weight excluding hydrogens is 384 g/mol. The Morgan fingerprint density at radius 1 is 1.00 bits per heavy atom. The first-order valence-corrected chi connectivity index (χ1v) is 11.0. The molecule has 8 atom stereocenters. The molecule has 0 aromatic rings. The molecule has 0 radical (unpaired) electrons. The highest BCUT2D eigenvalue weighted by molar-refractivity contribution is 5.68. The molecule has 0 amide bonds. The molecule has 2 unspecified atom stereocenters. The molecule has 3 aliphatic rings. The average Bonchev–Trinajstić information content (AvgIpc) is 2.97. The van der Waals surface area contributed by atoms with Crippen LogP contribution in [0.25, 0.3) is 0 Å². The van der Waals surface area contributed by atoms with E-state index < -0.39 is 29.6 Å². The van der Waals surface area contributed by atoms with Crippen molar-refractivity contribution in [3.05, 3.63) is 12.2 Å². The Labute approximate surface area is 178 Å². The molecule has 3 rings (SSSR count). The summed E-state index contributed by atoms with van der Waals surface area (Å²) in [6.07, 6.45) is 5.09. The number of carbonyl (C=O) groups excluding carboxylic acids is 4. The summed E-state index contributed by atoms with van der Waals surface area (Å²) in [5.74, 6) is -1.23. The predicted molar refractivity (Wildman–Crippen MR) is 110 cm³/mol. The van der Waals surface area contributed by atoms with Crippen LogP contribution in [0.1, 0.15) is 66.2 Å². The summed E-state index contributed by atoms with van der Waals surface area (Å²) in [4.78, 5) is 47.8. The van der Waals surface area contributed by atoms with Crippen LogP contribution in [0, 0.1) is 34.5 Å². The Hall–Kier alpha value is -1.98. The predicted octanol–water partition coefficient (Wildman–Crippen LogP) is 3.66. The molecule has 0 N–H and O–H groups in total. The third-order valence-corrected chi connectivity index (χ3v) is 8.48. The molecule has 3 aliphatic carbocycles. The summed E-state index contributed by atoms with van der Waals surface area (Å²) in [6.45, 7) is 11.2. The van der Waals surface area contributed by atoms with Crippen molar-refractivity contribution in [2.45, 2.75) is 78.4 Å². The largest absolute Gasteiger partial charge is 0.459 e. The van der Waals surface area contributed by atoms with Gasteiger partial charge < -0.3 is 19.1 Å². The van der Waals surface area contributed by atoms with Gasteiger partial charge >= 0.3 is 11.9 Å². The fourth-order valence-electron chi connectivity index (χ4n) is 6.76. The lowest BCUT2D eigenvalue weighted by Gasteiger charge is -2.55. The molecule has 3 saturated carbocycles. The summed E-state index contributed by atoms with van der Waals surface area (Å²) in [5.41, 5.74) is 0.681. The molecule has 166 valence electrons. The first-order valence-electron chi connectivity index (χ1n) is 11.0. The van der Waals surface area contributed by atoms with E-state index in [4.69, 9.17) is 9.47 Å². The molecule has 30 heavy (non-hydrogen) atoms. The zero-order valence-corrected chi connectivity index (χ0v) is 18.5. The van der Waals surface area contributed by atoms with Crippen molar-refractivity contribution in [2.75, 3.05) is 0 Å². The van der Waals surface area contributed by atoms with Crippen LogP contribution in [0.5, 0.6) is 0 Å². The lowest BCUT2D eigenvalue weighted by molar-refractivity contribution is -0.185. The van der Waals surface area contributed by atoms with E-state index in [-0.39, 0.29) is 29.1 Å². The second kappa shape index (κ2) is 8.27. The highest BCUT2D eigenvalue weighted by Gasteiger charge is 2.59. The number of ether oxygens (including phenoxy) is 2. The third-order valence-electron chi connectivity index (χ3n) is 8.48. The molecule has 6 heteroatoms. The number of fused-ring (bicyclic) bond motifs is 1. The summed E-state index contributed by atoms with van der Waals surface area (Å²) in [6, 6.07) is 0. The first-order chi connectivity index (χ1) is 14.1. The molecule has 6 nitrogen and oxygen atoms in total. The van der Waals surface area contributed by atoms with Crippen LogP contribution >= 0.6 is 0 Å². The van der Waals surface area contributed by atoms with Gasteiger partial charge in [-0.05, 0) is 61.2 Å². The smallest absolute Gasteiger partial charge is 0.303 e. The van der Waals surface area contributed by atoms with E-state index in [1.54, 1.807) is 0 Å². The number of hydrogen-bond acceptors (Lipinski definition) is 6. The van der Waals surface area contributed by atoms with Gasteiger partial charge in [0.1, 0.15) is 24.8 Å². The summed E-state index contributed by atoms with van der Waals surface area (Å²) < 4.78 is 11.0. The number of allylic oxidation sites excluding steroid dienone is 1. The fraction of sp³-hybridized carbons (Fsp3) is 0.750. The van der Waals surface area contributed by atoms with E-state index in [1.165, 1.54) is 19.4 Å². The van der Waals surface area contributed by atoms with Gasteiger partial charge in [-0.3, -0.25) is 9.59 Å². The molecule has 0 aliphatic heterocycles. The van der Waals surface area contributed by atoms with Crippen molar-refractivity contribution in [2.24, 2.45) is 34.5 Å². The Morgan fingerprint density at radius 3 is 2.20 bits per heavy atom. The van der Waals surface area contributed by atoms with Gasteiger partial charge in [-0.25, -0.2) is 0 Å². The second-order valence-corrected chi connectivity index (χ2v) is 10.0. The van der Waals surface area contributed by atoms with Gasteiger partial charge in [0.15, 0.2) is 0 Å². The van der Waals surface area contributed by atoms with E-state index in [2.05, 4.69) is 13.5 Å². The first kappa shape index (κ1) is 22.7. The van der Waals surface area contributed by atoms with Gasteiger partial charge in [-0.15, -0.1) is 0 Å². The van der Waals surface area contributed by atoms with Gasteiger partial charge in [0.2, 0.25) is 0 Å². The van der Waals surface area contributed by atoms with Crippen molar-refractivity contribution < 1.29 is 28.7 Å². The fourth-order valence-corrected chi connectivity index (χ4v) is 6.76. The maximum atomic E-state index is 12.3. The van der Waals surface area contributed by atoms with Crippen LogP contribution in [0.3, 0.4) is 0 Å². The van der Waals surface area contributed by atoms with Crippen molar-refractivity contribution in [3.8, 4) is 0 Å². The van der Waals surface area contributed by atoms with Gasteiger partial charge in [-0.1, -0.05) is 26.0 Å². The zero-order chi connectivity index (χ0) is 22.3. The van der Waals surface area contributed by atoms with Crippen LogP contribution in [-0.4, -0.2) is 36.7 Å². The summed E-state index contributed by atoms with van der Waals surface area (Å²) in [5, 5.41) is 0. The van der Waals surface area contributed by atoms with Crippen LogP contribution in [-0.2, 0) is 28.7 Å². The van der Waals surface area contributed by atoms with Crippen molar-refractivity contribution in [1.82, 2.24) is 0 Å². The minimum absolute atomic E-state index is 0.00510. The Morgan fingerprint density at radius 2 is 1.63 bits per heavy atom. The van der Waals surface area contributed by atoms with Crippen LogP contribution < -0.4 is 0 Å². The van der Waals surface area contributed by atoms with E-state index >= 15 is 0 Å². The molecule has 0 spiro atoms. The maximum absolute atomic E-state index is 12.3. The lowest BCUT2D eigenvalue weighted by Crippen LogP contribution is -2.55. The average molecular weight is 419 g/mol. The molecule has 3 fully saturated rings. The number of rotatable bonds is 5. The number of aldehydes is 2. The minimum Gasteiger partial charge on any atom is -0.459 e. The molecule has 0 saturated heterocycles. The maximum Gasteiger partial charge on any atom is 0.303 e. The topological polar surface area (TPSA) is 86.7 Å².